The maximum Gasteiger partial charge on any atom is 0.333 e. The number of carbonyl (C=O) groups excluding carboxylic acids is 1. The molecule has 0 bridgehead atoms. The van der Waals surface area contributed by atoms with Gasteiger partial charge in [-0.25, -0.2) is 9.36 Å². The third-order valence-electron chi connectivity index (χ3n) is 2.69. The van der Waals surface area contributed by atoms with Crippen LogP contribution in [0.1, 0.15) is 10.6 Å². The normalized spacial score (nSPS) is 11.0. The molecule has 0 unspecified atom stereocenters. The summed E-state index contributed by atoms with van der Waals surface area (Å²) in [4.78, 5) is 26.7. The molecule has 0 spiro atoms. The van der Waals surface area contributed by atoms with Crippen LogP contribution >= 0.6 is 15.9 Å². The summed E-state index contributed by atoms with van der Waals surface area (Å²) >= 11 is 3.11. The van der Waals surface area contributed by atoms with Gasteiger partial charge in [0.2, 0.25) is 0 Å². The molecule has 0 amide bonds. The molecule has 0 saturated carbocycles. The number of hydrogen-bond acceptors (Lipinski definition) is 4. The van der Waals surface area contributed by atoms with E-state index in [0.29, 0.717) is 21.4 Å². The fourth-order valence-corrected chi connectivity index (χ4v) is 2.17. The SMILES string of the molecule is Nc1ccc2[nH]c(=O)n(C(=O)c3ccc(Br)o3)c2c1. The van der Waals surface area contributed by atoms with Crippen molar-refractivity contribution >= 4 is 38.6 Å². The fraction of sp³-hybridized carbons (Fsp3) is 0. The van der Waals surface area contributed by atoms with Gasteiger partial charge in [-0.1, -0.05) is 0 Å². The van der Waals surface area contributed by atoms with Crippen LogP contribution in [0.15, 0.2) is 44.2 Å². The third kappa shape index (κ3) is 1.88. The summed E-state index contributed by atoms with van der Waals surface area (Å²) in [6.45, 7) is 0. The molecule has 1 aromatic carbocycles. The minimum atomic E-state index is -0.549. The zero-order valence-electron chi connectivity index (χ0n) is 9.51. The van der Waals surface area contributed by atoms with Gasteiger partial charge in [0, 0.05) is 5.69 Å². The predicted octanol–water partition coefficient (Wildman–Crippen LogP) is 1.96. The van der Waals surface area contributed by atoms with E-state index in [2.05, 4.69) is 20.9 Å². The van der Waals surface area contributed by atoms with Gasteiger partial charge in [-0.3, -0.25) is 4.79 Å². The van der Waals surface area contributed by atoms with Crippen LogP contribution in [0.2, 0.25) is 0 Å². The van der Waals surface area contributed by atoms with Crippen molar-refractivity contribution in [2.24, 2.45) is 0 Å². The monoisotopic (exact) mass is 321 g/mol. The van der Waals surface area contributed by atoms with Crippen LogP contribution < -0.4 is 11.4 Å². The zero-order chi connectivity index (χ0) is 13.6. The van der Waals surface area contributed by atoms with Crippen LogP contribution in [0, 0.1) is 0 Å². The van der Waals surface area contributed by atoms with Crippen LogP contribution in [0.4, 0.5) is 5.69 Å². The van der Waals surface area contributed by atoms with E-state index in [9.17, 15) is 9.59 Å². The van der Waals surface area contributed by atoms with Gasteiger partial charge >= 0.3 is 11.6 Å². The van der Waals surface area contributed by atoms with E-state index in [-0.39, 0.29) is 5.76 Å². The lowest BCUT2D eigenvalue weighted by Crippen LogP contribution is -2.24. The number of imidazole rings is 1. The van der Waals surface area contributed by atoms with Crippen molar-refractivity contribution in [1.82, 2.24) is 9.55 Å². The topological polar surface area (TPSA) is 94.0 Å². The quantitative estimate of drug-likeness (QED) is 0.670. The van der Waals surface area contributed by atoms with Gasteiger partial charge in [-0.2, -0.15) is 0 Å². The minimum absolute atomic E-state index is 0.0669. The molecule has 2 heterocycles. The molecule has 3 N–H and O–H groups in total. The number of nitrogen functional groups attached to an aromatic ring is 1. The molecule has 7 heteroatoms. The summed E-state index contributed by atoms with van der Waals surface area (Å²) < 4.78 is 6.58. The number of furan rings is 1. The second kappa shape index (κ2) is 4.13. The van der Waals surface area contributed by atoms with Crippen LogP contribution in [-0.4, -0.2) is 15.5 Å². The first-order chi connectivity index (χ1) is 9.06. The molecule has 0 aliphatic rings. The van der Waals surface area contributed by atoms with Crippen LogP contribution in [0.5, 0.6) is 0 Å². The maximum absolute atomic E-state index is 12.3. The van der Waals surface area contributed by atoms with Gasteiger partial charge < -0.3 is 15.1 Å². The van der Waals surface area contributed by atoms with E-state index in [0.717, 1.165) is 4.57 Å². The highest BCUT2D eigenvalue weighted by Gasteiger charge is 2.18. The summed E-state index contributed by atoms with van der Waals surface area (Å²) in [6.07, 6.45) is 0. The van der Waals surface area contributed by atoms with Crippen molar-refractivity contribution in [3.8, 4) is 0 Å². The lowest BCUT2D eigenvalue weighted by Gasteiger charge is -2.00. The average Bonchev–Trinajstić information content (AvgIpc) is 2.91. The van der Waals surface area contributed by atoms with E-state index in [1.165, 1.54) is 6.07 Å². The molecular weight excluding hydrogens is 314 g/mol. The number of anilines is 1. The van der Waals surface area contributed by atoms with Crippen molar-refractivity contribution in [2.45, 2.75) is 0 Å². The Morgan fingerprint density at radius 1 is 1.32 bits per heavy atom. The number of benzene rings is 1. The number of H-pyrrole nitrogens is 1. The third-order valence-corrected chi connectivity index (χ3v) is 3.12. The van der Waals surface area contributed by atoms with E-state index in [4.69, 9.17) is 10.2 Å². The number of nitrogens with one attached hydrogen (secondary N) is 1. The minimum Gasteiger partial charge on any atom is -0.444 e. The van der Waals surface area contributed by atoms with Crippen molar-refractivity contribution in [2.75, 3.05) is 5.73 Å². The molecule has 0 fully saturated rings. The largest absolute Gasteiger partial charge is 0.444 e. The molecule has 6 nitrogen and oxygen atoms in total. The molecule has 0 atom stereocenters. The van der Waals surface area contributed by atoms with Gasteiger partial charge in [0.25, 0.3) is 0 Å². The average molecular weight is 322 g/mol. The smallest absolute Gasteiger partial charge is 0.333 e. The van der Waals surface area contributed by atoms with Gasteiger partial charge in [0.1, 0.15) is 0 Å². The van der Waals surface area contributed by atoms with E-state index < -0.39 is 11.6 Å². The lowest BCUT2D eigenvalue weighted by atomic mass is 10.3. The second-order valence-corrected chi connectivity index (χ2v) is 4.73. The molecule has 0 saturated heterocycles. The maximum atomic E-state index is 12.3. The van der Waals surface area contributed by atoms with E-state index >= 15 is 0 Å². The first kappa shape index (κ1) is 11.8. The Morgan fingerprint density at radius 2 is 2.11 bits per heavy atom. The molecular formula is C12H8BrN3O3. The number of nitrogens with zero attached hydrogens (tertiary/aromatic N) is 1. The molecule has 0 radical (unpaired) electrons. The summed E-state index contributed by atoms with van der Waals surface area (Å²) in [6, 6.07) is 7.93. The number of halogens is 1. The number of carbonyl (C=O) groups is 1. The van der Waals surface area contributed by atoms with Crippen LogP contribution in [-0.2, 0) is 0 Å². The highest BCUT2D eigenvalue weighted by Crippen LogP contribution is 2.18. The first-order valence-electron chi connectivity index (χ1n) is 5.36. The number of fused-ring (bicyclic) bond motifs is 1. The highest BCUT2D eigenvalue weighted by molar-refractivity contribution is 9.10. The van der Waals surface area contributed by atoms with Gasteiger partial charge in [0.05, 0.1) is 11.0 Å². The summed E-state index contributed by atoms with van der Waals surface area (Å²) in [5, 5.41) is 0. The predicted molar refractivity (Wildman–Crippen MR) is 73.1 cm³/mol. The number of aromatic nitrogens is 2. The molecule has 3 aromatic rings. The summed E-state index contributed by atoms with van der Waals surface area (Å²) in [5.74, 6) is -0.482. The van der Waals surface area contributed by atoms with Crippen LogP contribution in [0.3, 0.4) is 0 Å². The Morgan fingerprint density at radius 3 is 2.79 bits per heavy atom. The molecule has 96 valence electrons. The first-order valence-corrected chi connectivity index (χ1v) is 6.16. The Balaban J connectivity index is 2.24. The highest BCUT2D eigenvalue weighted by atomic mass is 79.9. The Kier molecular flexibility index (Phi) is 2.56. The Hall–Kier alpha value is -2.28. The van der Waals surface area contributed by atoms with Gasteiger partial charge in [0.15, 0.2) is 10.4 Å². The zero-order valence-corrected chi connectivity index (χ0v) is 11.1. The fourth-order valence-electron chi connectivity index (χ4n) is 1.86. The van der Waals surface area contributed by atoms with E-state index in [1.807, 2.05) is 0 Å². The second-order valence-electron chi connectivity index (χ2n) is 3.95. The van der Waals surface area contributed by atoms with Crippen molar-refractivity contribution in [3.63, 3.8) is 0 Å². The van der Waals surface area contributed by atoms with E-state index in [1.54, 1.807) is 24.3 Å². The number of hydrogen-bond donors (Lipinski definition) is 2. The van der Waals surface area contributed by atoms with Crippen molar-refractivity contribution in [3.05, 3.63) is 51.2 Å². The summed E-state index contributed by atoms with van der Waals surface area (Å²) in [7, 11) is 0. The number of aromatic amines is 1. The van der Waals surface area contributed by atoms with Gasteiger partial charge in [-0.15, -0.1) is 0 Å². The molecule has 19 heavy (non-hydrogen) atoms. The molecule has 2 aromatic heterocycles. The number of rotatable bonds is 1. The Labute approximate surface area is 114 Å². The molecule has 0 aliphatic heterocycles. The van der Waals surface area contributed by atoms with Crippen molar-refractivity contribution in [1.29, 1.82) is 0 Å². The molecule has 3 rings (SSSR count). The molecule has 0 aliphatic carbocycles. The number of nitrogens with two attached hydrogens (primary N) is 1. The van der Waals surface area contributed by atoms with Crippen molar-refractivity contribution < 1.29 is 9.21 Å². The Bertz CT molecular complexity index is 843. The van der Waals surface area contributed by atoms with Crippen LogP contribution in [0.25, 0.3) is 11.0 Å². The summed E-state index contributed by atoms with van der Waals surface area (Å²) in [5.41, 5.74) is 6.57. The lowest BCUT2D eigenvalue weighted by molar-refractivity contribution is 0.0932. The standard InChI is InChI=1S/C12H8BrN3O3/c13-10-4-3-9(19-10)11(17)16-8-5-6(14)1-2-7(8)15-12(16)18/h1-5H,14H2,(H,15,18). The van der Waals surface area contributed by atoms with Gasteiger partial charge in [-0.05, 0) is 46.3 Å².